The number of carbonyl (C=O) groups is 1. The van der Waals surface area contributed by atoms with Gasteiger partial charge in [-0.3, -0.25) is 4.79 Å². The Morgan fingerprint density at radius 2 is 1.89 bits per heavy atom. The second-order valence-corrected chi connectivity index (χ2v) is 7.74. The van der Waals surface area contributed by atoms with E-state index in [1.54, 1.807) is 5.43 Å². The Kier molecular flexibility index (Phi) is 6.55. The van der Waals surface area contributed by atoms with Crippen molar-refractivity contribution in [2.24, 2.45) is 5.10 Å². The largest absolute Gasteiger partial charge is 0.435 e. The van der Waals surface area contributed by atoms with Crippen LogP contribution in [-0.4, -0.2) is 49.3 Å². The lowest BCUT2D eigenvalue weighted by molar-refractivity contribution is -0.124. The van der Waals surface area contributed by atoms with Crippen LogP contribution in [0.4, 0.5) is 22.0 Å². The highest BCUT2D eigenvalue weighted by atomic mass is 32.2. The topological polar surface area (TPSA) is 78.8 Å². The van der Waals surface area contributed by atoms with E-state index in [1.807, 2.05) is 0 Å². The minimum Gasteiger partial charge on any atom is -0.271 e. The van der Waals surface area contributed by atoms with Crippen molar-refractivity contribution in [2.75, 3.05) is 6.54 Å². The van der Waals surface area contributed by atoms with Gasteiger partial charge in [0.1, 0.15) is 18.0 Å². The average molecular weight is 425 g/mol. The van der Waals surface area contributed by atoms with Crippen LogP contribution in [0.2, 0.25) is 0 Å². The number of hydrazone groups is 1. The van der Waals surface area contributed by atoms with E-state index in [2.05, 4.69) is 5.10 Å². The number of benzene rings is 1. The molecule has 0 radical (unpaired) electrons. The Balaban J connectivity index is 2.28. The molecule has 2 atom stereocenters. The zero-order chi connectivity index (χ0) is 21.1. The summed E-state index contributed by atoms with van der Waals surface area (Å²) in [6, 6.07) is 2.03. The van der Waals surface area contributed by atoms with Crippen LogP contribution in [-0.2, 0) is 14.8 Å². The van der Waals surface area contributed by atoms with Crippen LogP contribution >= 0.6 is 0 Å². The third kappa shape index (κ3) is 4.93. The molecule has 28 heavy (non-hydrogen) atoms. The number of carbonyl (C=O) groups excluding carboxylic acids is 1. The van der Waals surface area contributed by atoms with E-state index in [4.69, 9.17) is 0 Å². The molecule has 0 saturated carbocycles. The van der Waals surface area contributed by atoms with Gasteiger partial charge in [-0.1, -0.05) is 6.08 Å². The van der Waals surface area contributed by atoms with Gasteiger partial charge in [0.15, 0.2) is 5.71 Å². The SMILES string of the molecule is C/C=C\C(=N/NC(=O)[C@@H]1C[C@@H](F)CN1S(=O)(=O)c1ccc(F)cc1)C(F)(F)F. The van der Waals surface area contributed by atoms with Crippen molar-refractivity contribution < 1.29 is 35.2 Å². The van der Waals surface area contributed by atoms with Crippen molar-refractivity contribution in [3.05, 3.63) is 42.2 Å². The van der Waals surface area contributed by atoms with Crippen LogP contribution in [0.1, 0.15) is 13.3 Å². The van der Waals surface area contributed by atoms with E-state index in [0.717, 1.165) is 30.3 Å². The van der Waals surface area contributed by atoms with E-state index >= 15 is 0 Å². The molecule has 1 aromatic carbocycles. The number of allylic oxidation sites excluding steroid dienone is 2. The van der Waals surface area contributed by atoms with Crippen LogP contribution < -0.4 is 5.43 Å². The van der Waals surface area contributed by atoms with Gasteiger partial charge in [0.05, 0.1) is 4.90 Å². The van der Waals surface area contributed by atoms with Gasteiger partial charge >= 0.3 is 6.18 Å². The third-order valence-electron chi connectivity index (χ3n) is 3.83. The number of hydrogen-bond donors (Lipinski definition) is 1. The first kappa shape index (κ1) is 22.0. The summed E-state index contributed by atoms with van der Waals surface area (Å²) in [4.78, 5) is 11.8. The predicted molar refractivity (Wildman–Crippen MR) is 90.0 cm³/mol. The summed E-state index contributed by atoms with van der Waals surface area (Å²) in [5.74, 6) is -1.91. The Hall–Kier alpha value is -2.34. The number of hydrogen-bond acceptors (Lipinski definition) is 4. The highest BCUT2D eigenvalue weighted by molar-refractivity contribution is 7.89. The maximum atomic E-state index is 13.8. The molecule has 0 aromatic heterocycles. The van der Waals surface area contributed by atoms with Crippen molar-refractivity contribution >= 4 is 21.6 Å². The molecule has 1 aliphatic heterocycles. The molecular formula is C16H16F5N3O3S. The Bertz CT molecular complexity index is 882. The summed E-state index contributed by atoms with van der Waals surface area (Å²) in [5.41, 5.74) is 0.233. The lowest BCUT2D eigenvalue weighted by Gasteiger charge is -2.22. The van der Waals surface area contributed by atoms with Crippen LogP contribution in [0, 0.1) is 5.82 Å². The van der Waals surface area contributed by atoms with Gasteiger partial charge in [-0.05, 0) is 37.3 Å². The quantitative estimate of drug-likeness (QED) is 0.447. The summed E-state index contributed by atoms with van der Waals surface area (Å²) >= 11 is 0. The lowest BCUT2D eigenvalue weighted by Crippen LogP contribution is -2.45. The molecule has 1 amide bonds. The van der Waals surface area contributed by atoms with Crippen LogP contribution in [0.5, 0.6) is 0 Å². The minimum atomic E-state index is -4.85. The fraction of sp³-hybridized carbons (Fsp3) is 0.375. The first-order valence-corrected chi connectivity index (χ1v) is 9.39. The molecule has 6 nitrogen and oxygen atoms in total. The summed E-state index contributed by atoms with van der Waals surface area (Å²) < 4.78 is 91.0. The molecule has 1 saturated heterocycles. The van der Waals surface area contributed by atoms with Crippen molar-refractivity contribution in [3.63, 3.8) is 0 Å². The number of nitrogens with zero attached hydrogens (tertiary/aromatic N) is 2. The molecular weight excluding hydrogens is 409 g/mol. The second-order valence-electron chi connectivity index (χ2n) is 5.85. The summed E-state index contributed by atoms with van der Waals surface area (Å²) in [5, 5.41) is 2.97. The molecule has 154 valence electrons. The van der Waals surface area contributed by atoms with E-state index in [-0.39, 0.29) is 4.90 Å². The third-order valence-corrected chi connectivity index (χ3v) is 5.72. The number of amides is 1. The van der Waals surface area contributed by atoms with Gasteiger partial charge in [0.2, 0.25) is 10.0 Å². The van der Waals surface area contributed by atoms with Crippen LogP contribution in [0.25, 0.3) is 0 Å². The summed E-state index contributed by atoms with van der Waals surface area (Å²) in [6.07, 6.45) is -5.44. The van der Waals surface area contributed by atoms with Crippen LogP contribution in [0.15, 0.2) is 46.4 Å². The molecule has 1 N–H and O–H groups in total. The normalized spacial score (nSPS) is 22.0. The first-order valence-electron chi connectivity index (χ1n) is 7.95. The van der Waals surface area contributed by atoms with Gasteiger partial charge < -0.3 is 0 Å². The minimum absolute atomic E-state index is 0.380. The van der Waals surface area contributed by atoms with Crippen molar-refractivity contribution in [1.29, 1.82) is 0 Å². The molecule has 12 heteroatoms. The van der Waals surface area contributed by atoms with Crippen molar-refractivity contribution in [3.8, 4) is 0 Å². The number of rotatable bonds is 5. The molecule has 0 unspecified atom stereocenters. The number of halogens is 5. The molecule has 0 spiro atoms. The Morgan fingerprint density at radius 3 is 2.43 bits per heavy atom. The number of alkyl halides is 4. The van der Waals surface area contributed by atoms with E-state index in [9.17, 15) is 35.2 Å². The van der Waals surface area contributed by atoms with E-state index in [0.29, 0.717) is 10.4 Å². The Morgan fingerprint density at radius 1 is 1.29 bits per heavy atom. The number of nitrogens with one attached hydrogen (secondary N) is 1. The van der Waals surface area contributed by atoms with Crippen molar-refractivity contribution in [2.45, 2.75) is 36.6 Å². The standard InChI is InChI=1S/C16H16F5N3O3S/c1-2-3-14(16(19,20)21)22-23-15(25)13-8-11(18)9-24(13)28(26,27)12-6-4-10(17)5-7-12/h2-7,11,13H,8-9H2,1H3,(H,23,25)/b3-2-,22-14+/t11-,13+/m1/s1. The highest BCUT2D eigenvalue weighted by Crippen LogP contribution is 2.28. The van der Waals surface area contributed by atoms with Crippen molar-refractivity contribution in [1.82, 2.24) is 9.73 Å². The highest BCUT2D eigenvalue weighted by Gasteiger charge is 2.44. The second kappa shape index (κ2) is 8.35. The first-order chi connectivity index (χ1) is 13.0. The Labute approximate surface area is 157 Å². The average Bonchev–Trinajstić information content (AvgIpc) is 3.00. The molecule has 1 heterocycles. The summed E-state index contributed by atoms with van der Waals surface area (Å²) in [7, 11) is -4.38. The zero-order valence-corrected chi connectivity index (χ0v) is 15.3. The summed E-state index contributed by atoms with van der Waals surface area (Å²) in [6.45, 7) is 0.646. The smallest absolute Gasteiger partial charge is 0.271 e. The fourth-order valence-corrected chi connectivity index (χ4v) is 4.17. The van der Waals surface area contributed by atoms with Crippen LogP contribution in [0.3, 0.4) is 0 Å². The molecule has 1 fully saturated rings. The fourth-order valence-electron chi connectivity index (χ4n) is 2.55. The molecule has 0 bridgehead atoms. The lowest BCUT2D eigenvalue weighted by atomic mass is 10.2. The molecule has 1 aliphatic rings. The molecule has 2 rings (SSSR count). The van der Waals surface area contributed by atoms with Gasteiger partial charge in [-0.2, -0.15) is 22.6 Å². The van der Waals surface area contributed by atoms with Gasteiger partial charge in [0, 0.05) is 13.0 Å². The predicted octanol–water partition coefficient (Wildman–Crippen LogP) is 2.54. The zero-order valence-electron chi connectivity index (χ0n) is 14.5. The van der Waals surface area contributed by atoms with E-state index in [1.165, 1.54) is 6.92 Å². The maximum absolute atomic E-state index is 13.8. The van der Waals surface area contributed by atoms with Gasteiger partial charge in [-0.25, -0.2) is 22.6 Å². The molecule has 0 aliphatic carbocycles. The van der Waals surface area contributed by atoms with E-state index < -0.39 is 58.8 Å². The number of sulfonamides is 1. The maximum Gasteiger partial charge on any atom is 0.435 e. The van der Waals surface area contributed by atoms with Gasteiger partial charge in [-0.15, -0.1) is 0 Å². The van der Waals surface area contributed by atoms with Gasteiger partial charge in [0.25, 0.3) is 5.91 Å². The molecule has 1 aromatic rings. The monoisotopic (exact) mass is 425 g/mol.